The van der Waals surface area contributed by atoms with Crippen molar-refractivity contribution in [3.8, 4) is 11.4 Å². The third kappa shape index (κ3) is 3.80. The molecule has 10 heteroatoms. The zero-order valence-corrected chi connectivity index (χ0v) is 16.7. The van der Waals surface area contributed by atoms with Crippen molar-refractivity contribution in [1.82, 2.24) is 19.7 Å². The van der Waals surface area contributed by atoms with E-state index in [-0.39, 0.29) is 19.8 Å². The van der Waals surface area contributed by atoms with Crippen LogP contribution in [0.25, 0.3) is 5.69 Å². The second-order valence-electron chi connectivity index (χ2n) is 7.15. The molecule has 3 heterocycles. The van der Waals surface area contributed by atoms with E-state index in [1.165, 1.54) is 4.57 Å². The van der Waals surface area contributed by atoms with E-state index in [2.05, 4.69) is 10.4 Å². The molecular weight excluding hydrogens is 404 g/mol. The summed E-state index contributed by atoms with van der Waals surface area (Å²) in [7, 11) is 0. The normalized spacial score (nSPS) is 12.5. The van der Waals surface area contributed by atoms with Gasteiger partial charge in [0.1, 0.15) is 17.9 Å². The highest BCUT2D eigenvalue weighted by Crippen LogP contribution is 2.30. The number of aromatic nitrogens is 3. The van der Waals surface area contributed by atoms with Crippen LogP contribution < -0.4 is 10.9 Å². The fourth-order valence-electron chi connectivity index (χ4n) is 3.55. The van der Waals surface area contributed by atoms with Crippen LogP contribution in [0.2, 0.25) is 0 Å². The minimum Gasteiger partial charge on any atom is -0.506 e. The molecule has 1 aromatic carbocycles. The monoisotopic (exact) mass is 424 g/mol. The molecule has 0 spiro atoms. The highest BCUT2D eigenvalue weighted by atomic mass is 16.5. The Kier molecular flexibility index (Phi) is 5.30. The fourth-order valence-corrected chi connectivity index (χ4v) is 3.55. The summed E-state index contributed by atoms with van der Waals surface area (Å²) >= 11 is 0. The predicted molar refractivity (Wildman–Crippen MR) is 108 cm³/mol. The number of carbonyl (C=O) groups excluding carboxylic acids is 1. The second kappa shape index (κ2) is 8.07. The van der Waals surface area contributed by atoms with E-state index in [4.69, 9.17) is 9.84 Å². The summed E-state index contributed by atoms with van der Waals surface area (Å²) in [6, 6.07) is 9.49. The molecule has 10 nitrogen and oxygen atoms in total. The number of aromatic hydroxyl groups is 1. The lowest BCUT2D eigenvalue weighted by molar-refractivity contribution is -0.135. The van der Waals surface area contributed by atoms with Crippen LogP contribution in [-0.4, -0.2) is 43.0 Å². The lowest BCUT2D eigenvalue weighted by atomic mass is 10.1. The minimum atomic E-state index is -1.26. The fraction of sp³-hybridized carbons (Fsp3) is 0.238. The number of pyridine rings is 1. The maximum absolute atomic E-state index is 13.1. The van der Waals surface area contributed by atoms with Crippen molar-refractivity contribution < 1.29 is 24.5 Å². The average Bonchev–Trinajstić information content (AvgIpc) is 3.40. The number of hydrogen-bond donors (Lipinski definition) is 3. The number of aliphatic carboxylic acids is 1. The van der Waals surface area contributed by atoms with Crippen molar-refractivity contribution >= 4 is 11.9 Å². The molecule has 0 bridgehead atoms. The third-order valence-electron chi connectivity index (χ3n) is 5.09. The predicted octanol–water partition coefficient (Wildman–Crippen LogP) is 0.941. The number of hydrogen-bond acceptors (Lipinski definition) is 6. The number of aryl methyl sites for hydroxylation is 1. The minimum absolute atomic E-state index is 0.0400. The van der Waals surface area contributed by atoms with E-state index in [1.807, 2.05) is 31.2 Å². The molecule has 31 heavy (non-hydrogen) atoms. The van der Waals surface area contributed by atoms with E-state index >= 15 is 0 Å². The Morgan fingerprint density at radius 1 is 1.23 bits per heavy atom. The first-order valence-corrected chi connectivity index (χ1v) is 9.52. The van der Waals surface area contributed by atoms with Crippen molar-refractivity contribution in [3.05, 3.63) is 75.0 Å². The number of para-hydroxylation sites is 1. The summed E-state index contributed by atoms with van der Waals surface area (Å²) in [6.07, 6.45) is 1.78. The molecule has 0 atom stereocenters. The van der Waals surface area contributed by atoms with Gasteiger partial charge in [-0.15, -0.1) is 0 Å². The summed E-state index contributed by atoms with van der Waals surface area (Å²) < 4.78 is 8.42. The number of nitrogens with zero attached hydrogens (tertiary/aromatic N) is 3. The van der Waals surface area contributed by atoms with Gasteiger partial charge in [-0.05, 0) is 24.6 Å². The first kappa shape index (κ1) is 20.4. The molecule has 0 saturated carbocycles. The summed E-state index contributed by atoms with van der Waals surface area (Å²) in [4.78, 5) is 36.2. The summed E-state index contributed by atoms with van der Waals surface area (Å²) in [5.74, 6) is -2.71. The summed E-state index contributed by atoms with van der Waals surface area (Å²) in [5, 5.41) is 25.9. The van der Waals surface area contributed by atoms with Crippen molar-refractivity contribution in [2.45, 2.75) is 26.7 Å². The quantitative estimate of drug-likeness (QED) is 0.536. The molecule has 160 valence electrons. The van der Waals surface area contributed by atoms with E-state index in [0.717, 1.165) is 11.3 Å². The molecule has 0 unspecified atom stereocenters. The number of carbonyl (C=O) groups is 2. The molecule has 1 amide bonds. The van der Waals surface area contributed by atoms with Gasteiger partial charge >= 0.3 is 5.97 Å². The first-order valence-electron chi connectivity index (χ1n) is 9.52. The smallest absolute Gasteiger partial charge is 0.322 e. The lowest BCUT2D eigenvalue weighted by Crippen LogP contribution is -2.37. The van der Waals surface area contributed by atoms with Crippen molar-refractivity contribution in [1.29, 1.82) is 0 Å². The zero-order chi connectivity index (χ0) is 22.1. The Morgan fingerprint density at radius 2 is 2.00 bits per heavy atom. The lowest BCUT2D eigenvalue weighted by Gasteiger charge is -2.14. The van der Waals surface area contributed by atoms with E-state index in [0.29, 0.717) is 17.0 Å². The third-order valence-corrected chi connectivity index (χ3v) is 5.09. The van der Waals surface area contributed by atoms with Gasteiger partial charge in [0, 0.05) is 11.8 Å². The standard InChI is InChI=1S/C21H20N4O6/c1-12-4-2-3-5-15(12)25-7-6-13(23-25)9-24-16-11-31-10-14(16)19(28)18(21(24)30)20(29)22-8-17(26)27/h2-7,28H,8-11H2,1H3,(H,22,29)(H,26,27). The molecule has 0 aliphatic carbocycles. The number of carboxylic acid groups (broad SMARTS) is 1. The Morgan fingerprint density at radius 3 is 2.74 bits per heavy atom. The van der Waals surface area contributed by atoms with Gasteiger partial charge in [-0.25, -0.2) is 4.68 Å². The van der Waals surface area contributed by atoms with Crippen molar-refractivity contribution in [2.75, 3.05) is 6.54 Å². The van der Waals surface area contributed by atoms with E-state index in [9.17, 15) is 19.5 Å². The van der Waals surface area contributed by atoms with Gasteiger partial charge in [0.2, 0.25) is 0 Å². The maximum Gasteiger partial charge on any atom is 0.322 e. The van der Waals surface area contributed by atoms with Crippen LogP contribution in [0.5, 0.6) is 5.75 Å². The second-order valence-corrected chi connectivity index (χ2v) is 7.15. The van der Waals surface area contributed by atoms with Crippen molar-refractivity contribution in [2.24, 2.45) is 0 Å². The Labute approximate surface area is 176 Å². The number of amides is 1. The number of carboxylic acids is 1. The number of ether oxygens (including phenoxy) is 1. The maximum atomic E-state index is 13.1. The number of fused-ring (bicyclic) bond motifs is 1. The first-order chi connectivity index (χ1) is 14.9. The Balaban J connectivity index is 1.72. The van der Waals surface area contributed by atoms with Crippen LogP contribution >= 0.6 is 0 Å². The largest absolute Gasteiger partial charge is 0.506 e. The van der Waals surface area contributed by atoms with Gasteiger partial charge in [-0.1, -0.05) is 18.2 Å². The molecule has 0 radical (unpaired) electrons. The van der Waals surface area contributed by atoms with Crippen molar-refractivity contribution in [3.63, 3.8) is 0 Å². The Hall–Kier alpha value is -3.92. The van der Waals surface area contributed by atoms with Crippen LogP contribution in [0.1, 0.15) is 32.9 Å². The summed E-state index contributed by atoms with van der Waals surface area (Å²) in [6.45, 7) is 1.49. The molecule has 4 rings (SSSR count). The molecule has 0 saturated heterocycles. The van der Waals surface area contributed by atoms with Crippen LogP contribution in [-0.2, 0) is 29.3 Å². The highest BCUT2D eigenvalue weighted by Gasteiger charge is 2.29. The van der Waals surface area contributed by atoms with Crippen LogP contribution in [0.3, 0.4) is 0 Å². The van der Waals surface area contributed by atoms with Gasteiger partial charge in [0.25, 0.3) is 11.5 Å². The molecule has 3 N–H and O–H groups in total. The molecule has 2 aromatic heterocycles. The zero-order valence-electron chi connectivity index (χ0n) is 16.7. The van der Waals surface area contributed by atoms with Gasteiger partial charge in [0.15, 0.2) is 0 Å². The van der Waals surface area contributed by atoms with Crippen LogP contribution in [0, 0.1) is 6.92 Å². The van der Waals surface area contributed by atoms with E-state index in [1.54, 1.807) is 16.9 Å². The number of nitrogens with one attached hydrogen (secondary N) is 1. The highest BCUT2D eigenvalue weighted by molar-refractivity contribution is 5.98. The molecular formula is C21H20N4O6. The van der Waals surface area contributed by atoms with E-state index < -0.39 is 35.3 Å². The SMILES string of the molecule is Cc1ccccc1-n1ccc(Cn2c3c(c(O)c(C(=O)NCC(=O)O)c2=O)COC3)n1. The average molecular weight is 424 g/mol. The van der Waals surface area contributed by atoms with Gasteiger partial charge < -0.3 is 24.8 Å². The van der Waals surface area contributed by atoms with Crippen LogP contribution in [0.15, 0.2) is 41.3 Å². The Bertz CT molecular complexity index is 1240. The molecule has 1 aliphatic rings. The summed E-state index contributed by atoms with van der Waals surface area (Å²) in [5.41, 5.74) is 2.04. The van der Waals surface area contributed by atoms with Gasteiger partial charge in [0.05, 0.1) is 36.8 Å². The van der Waals surface area contributed by atoms with Gasteiger partial charge in [-0.2, -0.15) is 5.10 Å². The molecule has 3 aromatic rings. The molecule has 1 aliphatic heterocycles. The number of benzene rings is 1. The van der Waals surface area contributed by atoms with Gasteiger partial charge in [-0.3, -0.25) is 14.4 Å². The molecule has 0 fully saturated rings. The topological polar surface area (TPSA) is 136 Å². The number of rotatable bonds is 6. The van der Waals surface area contributed by atoms with Crippen LogP contribution in [0.4, 0.5) is 0 Å².